The van der Waals surface area contributed by atoms with E-state index in [1.807, 2.05) is 0 Å². The van der Waals surface area contributed by atoms with Gasteiger partial charge in [-0.3, -0.25) is 4.79 Å². The number of aliphatic hydroxyl groups excluding tert-OH is 1. The molecule has 13 heavy (non-hydrogen) atoms. The van der Waals surface area contributed by atoms with E-state index in [4.69, 9.17) is 9.84 Å². The van der Waals surface area contributed by atoms with Crippen LogP contribution in [0.4, 0.5) is 5.69 Å². The van der Waals surface area contributed by atoms with Gasteiger partial charge in [-0.05, 0) is 13.0 Å². The number of rotatable bonds is 4. The summed E-state index contributed by atoms with van der Waals surface area (Å²) in [6.07, 6.45) is 0.232. The number of aliphatic hydroxyl groups is 1. The van der Waals surface area contributed by atoms with Gasteiger partial charge in [0.1, 0.15) is 5.69 Å². The molecule has 0 spiro atoms. The molecule has 0 amide bonds. The van der Waals surface area contributed by atoms with E-state index in [1.54, 1.807) is 6.92 Å². The molecule has 0 aliphatic carbocycles. The number of nitrogens with zero attached hydrogens (tertiary/aromatic N) is 1. The lowest BCUT2D eigenvalue weighted by atomic mass is 10.5. The molecule has 0 saturated carbocycles. The van der Waals surface area contributed by atoms with Crippen LogP contribution in [0.15, 0.2) is 17.1 Å². The van der Waals surface area contributed by atoms with Gasteiger partial charge in [0.15, 0.2) is 0 Å². The lowest BCUT2D eigenvalue weighted by Gasteiger charge is -2.11. The van der Waals surface area contributed by atoms with Gasteiger partial charge in [-0.15, -0.1) is 0 Å². The van der Waals surface area contributed by atoms with E-state index >= 15 is 0 Å². The molecular formula is C7H11N3O3. The summed E-state index contributed by atoms with van der Waals surface area (Å²) in [6, 6.07) is 1.45. The van der Waals surface area contributed by atoms with E-state index in [0.29, 0.717) is 6.61 Å². The Balaban J connectivity index is 2.63. The fourth-order valence-corrected chi connectivity index (χ4v) is 0.790. The number of anilines is 1. The second kappa shape index (κ2) is 4.58. The Bertz CT molecular complexity index is 312. The molecule has 1 rings (SSSR count). The highest BCUT2D eigenvalue weighted by Gasteiger charge is 2.04. The second-order valence-corrected chi connectivity index (χ2v) is 2.25. The van der Waals surface area contributed by atoms with Gasteiger partial charge < -0.3 is 15.2 Å². The Morgan fingerprint density at radius 1 is 1.85 bits per heavy atom. The maximum Gasteiger partial charge on any atom is 0.287 e. The minimum atomic E-state index is -1.17. The van der Waals surface area contributed by atoms with Crippen LogP contribution in [0.1, 0.15) is 6.92 Å². The number of hydrogen-bond acceptors (Lipinski definition) is 5. The molecule has 1 unspecified atom stereocenters. The maximum absolute atomic E-state index is 11.0. The standard InChI is InChI=1S/C7H11N3O3/c1-2-13-7(12)9-5-3-4-8-10-6(5)11/h3-4,7,12H,2H2,1H3,(H,8,9)(H,10,11). The fourth-order valence-electron chi connectivity index (χ4n) is 0.790. The fraction of sp³-hybridized carbons (Fsp3) is 0.429. The zero-order valence-electron chi connectivity index (χ0n) is 7.15. The average molecular weight is 185 g/mol. The molecule has 0 fully saturated rings. The molecule has 0 aromatic carbocycles. The highest BCUT2D eigenvalue weighted by atomic mass is 16.6. The lowest BCUT2D eigenvalue weighted by Crippen LogP contribution is -2.26. The quantitative estimate of drug-likeness (QED) is 0.550. The average Bonchev–Trinajstić information content (AvgIpc) is 2.09. The van der Waals surface area contributed by atoms with Crippen molar-refractivity contribution in [3.63, 3.8) is 0 Å². The molecule has 3 N–H and O–H groups in total. The van der Waals surface area contributed by atoms with E-state index in [1.165, 1.54) is 12.3 Å². The summed E-state index contributed by atoms with van der Waals surface area (Å²) in [5.41, 5.74) is -0.183. The molecule has 72 valence electrons. The van der Waals surface area contributed by atoms with Crippen LogP contribution in [0.2, 0.25) is 0 Å². The molecular weight excluding hydrogens is 174 g/mol. The summed E-state index contributed by atoms with van der Waals surface area (Å²) in [4.78, 5) is 11.0. The van der Waals surface area contributed by atoms with Gasteiger partial charge in [0.05, 0.1) is 0 Å². The largest absolute Gasteiger partial charge is 0.351 e. The molecule has 1 aromatic heterocycles. The molecule has 1 heterocycles. The summed E-state index contributed by atoms with van der Waals surface area (Å²) in [7, 11) is 0. The number of ether oxygens (including phenoxy) is 1. The zero-order chi connectivity index (χ0) is 9.68. The summed E-state index contributed by atoms with van der Waals surface area (Å²) in [6.45, 7) is 2.10. The van der Waals surface area contributed by atoms with E-state index in [9.17, 15) is 4.79 Å². The topological polar surface area (TPSA) is 87.2 Å². The van der Waals surface area contributed by atoms with E-state index in [0.717, 1.165) is 0 Å². The van der Waals surface area contributed by atoms with Gasteiger partial charge in [0, 0.05) is 12.8 Å². The van der Waals surface area contributed by atoms with E-state index < -0.39 is 12.0 Å². The van der Waals surface area contributed by atoms with Crippen LogP contribution in [0.3, 0.4) is 0 Å². The van der Waals surface area contributed by atoms with Gasteiger partial charge >= 0.3 is 0 Å². The molecule has 0 aliphatic heterocycles. The SMILES string of the molecule is CCOC(O)Nc1ccn[nH]c1=O. The van der Waals surface area contributed by atoms with Gasteiger partial charge in [0.25, 0.3) is 5.56 Å². The molecule has 6 heteroatoms. The minimum Gasteiger partial charge on any atom is -0.351 e. The van der Waals surface area contributed by atoms with Crippen molar-refractivity contribution < 1.29 is 9.84 Å². The molecule has 1 atom stereocenters. The molecule has 0 aliphatic rings. The Morgan fingerprint density at radius 3 is 3.23 bits per heavy atom. The highest BCUT2D eigenvalue weighted by Crippen LogP contribution is 1.97. The lowest BCUT2D eigenvalue weighted by molar-refractivity contribution is -0.0731. The summed E-state index contributed by atoms with van der Waals surface area (Å²) in [5, 5.41) is 17.3. The third-order valence-electron chi connectivity index (χ3n) is 1.33. The molecule has 0 radical (unpaired) electrons. The highest BCUT2D eigenvalue weighted by molar-refractivity contribution is 5.38. The van der Waals surface area contributed by atoms with Crippen molar-refractivity contribution in [3.05, 3.63) is 22.6 Å². The second-order valence-electron chi connectivity index (χ2n) is 2.25. The van der Waals surface area contributed by atoms with Crippen LogP contribution >= 0.6 is 0 Å². The third kappa shape index (κ3) is 2.85. The number of aromatic nitrogens is 2. The Morgan fingerprint density at radius 2 is 2.62 bits per heavy atom. The Kier molecular flexibility index (Phi) is 3.41. The molecule has 6 nitrogen and oxygen atoms in total. The van der Waals surface area contributed by atoms with Crippen molar-refractivity contribution >= 4 is 5.69 Å². The minimum absolute atomic E-state index is 0.218. The molecule has 0 bridgehead atoms. The van der Waals surface area contributed by atoms with Crippen LogP contribution < -0.4 is 10.9 Å². The number of nitrogens with one attached hydrogen (secondary N) is 2. The van der Waals surface area contributed by atoms with Crippen molar-refractivity contribution in [1.82, 2.24) is 10.2 Å². The first-order valence-corrected chi connectivity index (χ1v) is 3.84. The molecule has 1 aromatic rings. The number of aromatic amines is 1. The van der Waals surface area contributed by atoms with Gasteiger partial charge in [-0.1, -0.05) is 0 Å². The van der Waals surface area contributed by atoms with Crippen molar-refractivity contribution in [2.75, 3.05) is 11.9 Å². The monoisotopic (exact) mass is 185 g/mol. The van der Waals surface area contributed by atoms with Gasteiger partial charge in [-0.25, -0.2) is 5.10 Å². The first-order chi connectivity index (χ1) is 6.24. The van der Waals surface area contributed by atoms with Crippen LogP contribution in [-0.4, -0.2) is 28.3 Å². The molecule has 0 saturated heterocycles. The third-order valence-corrected chi connectivity index (χ3v) is 1.33. The summed E-state index contributed by atoms with van der Waals surface area (Å²) < 4.78 is 4.77. The van der Waals surface area contributed by atoms with Crippen molar-refractivity contribution in [2.45, 2.75) is 13.3 Å². The smallest absolute Gasteiger partial charge is 0.287 e. The van der Waals surface area contributed by atoms with Gasteiger partial charge in [0.2, 0.25) is 6.41 Å². The van der Waals surface area contributed by atoms with E-state index in [2.05, 4.69) is 15.5 Å². The van der Waals surface area contributed by atoms with Crippen molar-refractivity contribution in [2.24, 2.45) is 0 Å². The summed E-state index contributed by atoms with van der Waals surface area (Å²) >= 11 is 0. The Labute approximate surface area is 74.6 Å². The maximum atomic E-state index is 11.0. The van der Waals surface area contributed by atoms with Crippen LogP contribution in [0.5, 0.6) is 0 Å². The summed E-state index contributed by atoms with van der Waals surface area (Å²) in [5.74, 6) is 0. The van der Waals surface area contributed by atoms with Crippen LogP contribution in [0, 0.1) is 0 Å². The number of H-pyrrole nitrogens is 1. The first kappa shape index (κ1) is 9.69. The van der Waals surface area contributed by atoms with Crippen LogP contribution in [-0.2, 0) is 4.74 Å². The number of hydrogen-bond donors (Lipinski definition) is 3. The van der Waals surface area contributed by atoms with Crippen molar-refractivity contribution in [1.29, 1.82) is 0 Å². The zero-order valence-corrected chi connectivity index (χ0v) is 7.15. The first-order valence-electron chi connectivity index (χ1n) is 3.84. The van der Waals surface area contributed by atoms with Crippen LogP contribution in [0.25, 0.3) is 0 Å². The van der Waals surface area contributed by atoms with Gasteiger partial charge in [-0.2, -0.15) is 5.10 Å². The van der Waals surface area contributed by atoms with E-state index in [-0.39, 0.29) is 5.69 Å². The predicted molar refractivity (Wildman–Crippen MR) is 46.1 cm³/mol. The normalized spacial score (nSPS) is 12.5. The van der Waals surface area contributed by atoms with Crippen molar-refractivity contribution in [3.8, 4) is 0 Å². The Hall–Kier alpha value is -1.40. The predicted octanol–water partition coefficient (Wildman–Crippen LogP) is -0.506.